The van der Waals surface area contributed by atoms with Gasteiger partial charge in [-0.1, -0.05) is 30.0 Å². The van der Waals surface area contributed by atoms with Crippen LogP contribution in [0.15, 0.2) is 29.4 Å². The molecule has 0 radical (unpaired) electrons. The Kier molecular flexibility index (Phi) is 5.33. The van der Waals surface area contributed by atoms with Crippen LogP contribution in [0, 0.1) is 5.82 Å². The van der Waals surface area contributed by atoms with Crippen LogP contribution in [0.1, 0.15) is 31.7 Å². The van der Waals surface area contributed by atoms with Crippen LogP contribution in [0.25, 0.3) is 0 Å². The molecule has 2 heterocycles. The van der Waals surface area contributed by atoms with Gasteiger partial charge in [-0.15, -0.1) is 16.9 Å². The van der Waals surface area contributed by atoms with Gasteiger partial charge in [0.25, 0.3) is 0 Å². The molecule has 1 atom stereocenters. The van der Waals surface area contributed by atoms with Crippen LogP contribution >= 0.6 is 23.5 Å². The van der Waals surface area contributed by atoms with E-state index in [1.54, 1.807) is 39.5 Å². The first-order valence-electron chi connectivity index (χ1n) is 7.95. The fourth-order valence-corrected chi connectivity index (χ4v) is 4.80. The molecule has 6 nitrogen and oxygen atoms in total. The number of aromatic nitrogens is 4. The van der Waals surface area contributed by atoms with Crippen LogP contribution in [0.4, 0.5) is 4.39 Å². The van der Waals surface area contributed by atoms with Gasteiger partial charge in [-0.25, -0.2) is 9.07 Å². The quantitative estimate of drug-likeness (QED) is 0.759. The van der Waals surface area contributed by atoms with Gasteiger partial charge in [-0.2, -0.15) is 0 Å². The molecule has 134 valence electrons. The van der Waals surface area contributed by atoms with Crippen molar-refractivity contribution in [2.24, 2.45) is 0 Å². The Bertz CT molecular complexity index is 761. The average molecular weight is 382 g/mol. The highest BCUT2D eigenvalue weighted by atomic mass is 32.2. The van der Waals surface area contributed by atoms with Crippen molar-refractivity contribution in [1.29, 1.82) is 0 Å². The van der Waals surface area contributed by atoms with Gasteiger partial charge in [0.15, 0.2) is 0 Å². The number of halogens is 1. The summed E-state index contributed by atoms with van der Waals surface area (Å²) in [5, 5.41) is 12.0. The average Bonchev–Trinajstić information content (AvgIpc) is 3.21. The molecule has 1 unspecified atom stereocenters. The van der Waals surface area contributed by atoms with Crippen molar-refractivity contribution in [3.8, 4) is 0 Å². The maximum absolute atomic E-state index is 14.1. The van der Waals surface area contributed by atoms with E-state index in [2.05, 4.69) is 15.5 Å². The molecule has 1 aliphatic heterocycles. The van der Waals surface area contributed by atoms with Crippen molar-refractivity contribution in [2.75, 3.05) is 18.1 Å². The molecular formula is C16H20FN5OS2. The number of carbonyl (C=O) groups is 1. The van der Waals surface area contributed by atoms with E-state index in [1.165, 1.54) is 17.8 Å². The van der Waals surface area contributed by atoms with Crippen LogP contribution in [-0.2, 0) is 10.3 Å². The van der Waals surface area contributed by atoms with E-state index in [4.69, 9.17) is 0 Å². The molecular weight excluding hydrogens is 361 g/mol. The zero-order valence-electron chi connectivity index (χ0n) is 14.3. The normalized spacial score (nSPS) is 17.9. The second kappa shape index (κ2) is 7.33. The summed E-state index contributed by atoms with van der Waals surface area (Å²) in [6.45, 7) is 6.62. The van der Waals surface area contributed by atoms with Crippen molar-refractivity contribution >= 4 is 29.4 Å². The number of thioether (sulfide) groups is 2. The molecule has 1 aromatic heterocycles. The van der Waals surface area contributed by atoms with E-state index in [-0.39, 0.29) is 28.4 Å². The van der Waals surface area contributed by atoms with Crippen molar-refractivity contribution in [3.63, 3.8) is 0 Å². The Morgan fingerprint density at radius 1 is 1.40 bits per heavy atom. The predicted octanol–water partition coefficient (Wildman–Crippen LogP) is 2.93. The summed E-state index contributed by atoms with van der Waals surface area (Å²) in [7, 11) is 0. The molecule has 0 saturated carbocycles. The maximum atomic E-state index is 14.1. The first-order valence-corrected chi connectivity index (χ1v) is 9.98. The summed E-state index contributed by atoms with van der Waals surface area (Å²) in [4.78, 5) is 14.4. The van der Waals surface area contributed by atoms with Gasteiger partial charge < -0.3 is 4.90 Å². The molecule has 1 aromatic carbocycles. The minimum atomic E-state index is -0.274. The van der Waals surface area contributed by atoms with E-state index in [9.17, 15) is 9.18 Å². The highest BCUT2D eigenvalue weighted by Crippen LogP contribution is 2.39. The lowest BCUT2D eigenvalue weighted by atomic mass is 10.1. The Morgan fingerprint density at radius 3 is 2.88 bits per heavy atom. The third-order valence-corrected chi connectivity index (χ3v) is 5.93. The van der Waals surface area contributed by atoms with Gasteiger partial charge in [0.05, 0.1) is 11.3 Å². The molecule has 3 rings (SSSR count). The molecule has 0 bridgehead atoms. The molecule has 1 fully saturated rings. The third-order valence-electron chi connectivity index (χ3n) is 3.78. The Labute approximate surface area is 154 Å². The zero-order valence-corrected chi connectivity index (χ0v) is 16.0. The summed E-state index contributed by atoms with van der Waals surface area (Å²) >= 11 is 2.90. The van der Waals surface area contributed by atoms with Gasteiger partial charge in [-0.3, -0.25) is 4.79 Å². The van der Waals surface area contributed by atoms with Crippen LogP contribution in [0.2, 0.25) is 0 Å². The van der Waals surface area contributed by atoms with E-state index >= 15 is 0 Å². The third kappa shape index (κ3) is 3.98. The van der Waals surface area contributed by atoms with E-state index < -0.39 is 0 Å². The molecule has 1 aliphatic rings. The second-order valence-electron chi connectivity index (χ2n) is 6.66. The lowest BCUT2D eigenvalue weighted by Crippen LogP contribution is -2.32. The van der Waals surface area contributed by atoms with E-state index in [1.807, 2.05) is 20.8 Å². The van der Waals surface area contributed by atoms with Crippen molar-refractivity contribution in [3.05, 3.63) is 35.6 Å². The number of hydrogen-bond donors (Lipinski definition) is 0. The fraction of sp³-hybridized carbons (Fsp3) is 0.500. The highest BCUT2D eigenvalue weighted by Gasteiger charge is 2.32. The lowest BCUT2D eigenvalue weighted by molar-refractivity contribution is -0.128. The topological polar surface area (TPSA) is 63.9 Å². The van der Waals surface area contributed by atoms with Crippen LogP contribution in [0.3, 0.4) is 0 Å². The first-order chi connectivity index (χ1) is 11.9. The summed E-state index contributed by atoms with van der Waals surface area (Å²) in [6.07, 6.45) is 0. The monoisotopic (exact) mass is 381 g/mol. The largest absolute Gasteiger partial charge is 0.325 e. The number of benzene rings is 1. The number of amides is 1. The van der Waals surface area contributed by atoms with Gasteiger partial charge in [0.2, 0.25) is 11.1 Å². The molecule has 1 saturated heterocycles. The smallest absolute Gasteiger partial charge is 0.234 e. The molecule has 1 amide bonds. The second-order valence-corrected chi connectivity index (χ2v) is 8.80. The molecule has 25 heavy (non-hydrogen) atoms. The van der Waals surface area contributed by atoms with Crippen molar-refractivity contribution in [2.45, 2.75) is 36.8 Å². The number of rotatable bonds is 4. The van der Waals surface area contributed by atoms with Gasteiger partial charge >= 0.3 is 0 Å². The Morgan fingerprint density at radius 2 is 2.16 bits per heavy atom. The zero-order chi connectivity index (χ0) is 18.0. The van der Waals surface area contributed by atoms with Crippen LogP contribution in [-0.4, -0.2) is 49.1 Å². The number of carbonyl (C=O) groups excluding carboxylic acids is 1. The van der Waals surface area contributed by atoms with E-state index in [0.717, 1.165) is 5.75 Å². The Hall–Kier alpha value is -1.61. The van der Waals surface area contributed by atoms with Gasteiger partial charge in [-0.05, 0) is 37.3 Å². The van der Waals surface area contributed by atoms with Crippen molar-refractivity contribution in [1.82, 2.24) is 25.1 Å². The summed E-state index contributed by atoms with van der Waals surface area (Å²) in [5.74, 6) is 0.715. The highest BCUT2D eigenvalue weighted by molar-refractivity contribution is 8.00. The van der Waals surface area contributed by atoms with Crippen LogP contribution < -0.4 is 0 Å². The molecule has 0 spiro atoms. The van der Waals surface area contributed by atoms with Crippen LogP contribution in [0.5, 0.6) is 0 Å². The lowest BCUT2D eigenvalue weighted by Gasteiger charge is -2.24. The maximum Gasteiger partial charge on any atom is 0.234 e. The molecule has 2 aromatic rings. The summed E-state index contributed by atoms with van der Waals surface area (Å²) in [5.41, 5.74) is 0.302. The SMILES string of the molecule is CC(C)(C)n1nnnc1SCC(=O)N1CCSC1c1ccccc1F. The Balaban J connectivity index is 1.69. The van der Waals surface area contributed by atoms with Crippen molar-refractivity contribution < 1.29 is 9.18 Å². The van der Waals surface area contributed by atoms with E-state index in [0.29, 0.717) is 17.3 Å². The summed E-state index contributed by atoms with van der Waals surface area (Å²) < 4.78 is 15.8. The fourth-order valence-electron chi connectivity index (χ4n) is 2.56. The predicted molar refractivity (Wildman–Crippen MR) is 96.8 cm³/mol. The molecule has 0 aliphatic carbocycles. The minimum absolute atomic E-state index is 0.0355. The minimum Gasteiger partial charge on any atom is -0.325 e. The summed E-state index contributed by atoms with van der Waals surface area (Å²) in [6, 6.07) is 6.63. The van der Waals surface area contributed by atoms with Gasteiger partial charge in [0, 0.05) is 17.9 Å². The first kappa shape index (κ1) is 18.2. The number of nitrogens with zero attached hydrogens (tertiary/aromatic N) is 5. The molecule has 9 heteroatoms. The van der Waals surface area contributed by atoms with Gasteiger partial charge in [0.1, 0.15) is 11.2 Å². The standard InChI is InChI=1S/C16H20FN5OS2/c1-16(2,3)22-15(18-19-20-22)25-10-13(23)21-8-9-24-14(21)11-6-4-5-7-12(11)17/h4-7,14H,8-10H2,1-3H3. The number of tetrazole rings is 1. The molecule has 0 N–H and O–H groups in total. The number of hydrogen-bond acceptors (Lipinski definition) is 6.